The van der Waals surface area contributed by atoms with Crippen molar-refractivity contribution in [1.29, 1.82) is 0 Å². The zero-order valence-electron chi connectivity index (χ0n) is 16.8. The van der Waals surface area contributed by atoms with Crippen molar-refractivity contribution in [3.8, 4) is 5.75 Å². The molecule has 0 saturated heterocycles. The number of benzene rings is 2. The largest absolute Gasteiger partial charge is 0.507 e. The Kier molecular flexibility index (Phi) is 5.36. The zero-order chi connectivity index (χ0) is 20.6. The van der Waals surface area contributed by atoms with Crippen LogP contribution >= 0.6 is 0 Å². The van der Waals surface area contributed by atoms with E-state index >= 15 is 0 Å². The number of nitrogens with two attached hydrogens (primary N) is 1. The Labute approximate surface area is 160 Å². The highest BCUT2D eigenvalue weighted by Crippen LogP contribution is 2.39. The highest BCUT2D eigenvalue weighted by molar-refractivity contribution is 6.05. The van der Waals surface area contributed by atoms with Crippen LogP contribution in [0.1, 0.15) is 73.4 Å². The van der Waals surface area contributed by atoms with Gasteiger partial charge in [0.2, 0.25) is 5.91 Å². The van der Waals surface area contributed by atoms with Crippen molar-refractivity contribution in [3.63, 3.8) is 0 Å². The predicted molar refractivity (Wildman–Crippen MR) is 108 cm³/mol. The molecule has 2 aromatic rings. The van der Waals surface area contributed by atoms with Gasteiger partial charge in [0.05, 0.1) is 0 Å². The lowest BCUT2D eigenvalue weighted by Gasteiger charge is -2.28. The van der Waals surface area contributed by atoms with Gasteiger partial charge >= 0.3 is 0 Å². The summed E-state index contributed by atoms with van der Waals surface area (Å²) in [5.41, 5.74) is 7.33. The first-order chi connectivity index (χ1) is 12.3. The van der Waals surface area contributed by atoms with E-state index in [1.54, 1.807) is 30.3 Å². The smallest absolute Gasteiger partial charge is 0.255 e. The van der Waals surface area contributed by atoms with Crippen molar-refractivity contribution in [3.05, 3.63) is 58.7 Å². The van der Waals surface area contributed by atoms with Gasteiger partial charge in [-0.25, -0.2) is 0 Å². The van der Waals surface area contributed by atoms with Crippen LogP contribution in [0, 0.1) is 0 Å². The first-order valence-corrected chi connectivity index (χ1v) is 8.90. The fraction of sp³-hybridized carbons (Fsp3) is 0.364. The molecule has 0 heterocycles. The Morgan fingerprint density at radius 3 is 1.85 bits per heavy atom. The number of nitrogens with one attached hydrogen (secondary N) is 1. The lowest BCUT2D eigenvalue weighted by atomic mass is 9.78. The number of hydrogen-bond acceptors (Lipinski definition) is 3. The van der Waals surface area contributed by atoms with Crippen LogP contribution in [0.5, 0.6) is 5.75 Å². The molecule has 0 aliphatic rings. The summed E-state index contributed by atoms with van der Waals surface area (Å²) in [6, 6.07) is 9.92. The van der Waals surface area contributed by atoms with E-state index in [9.17, 15) is 14.7 Å². The van der Waals surface area contributed by atoms with Crippen LogP contribution < -0.4 is 11.1 Å². The highest BCUT2D eigenvalue weighted by atomic mass is 16.3. The topological polar surface area (TPSA) is 92.4 Å². The van der Waals surface area contributed by atoms with Gasteiger partial charge in [-0.05, 0) is 41.2 Å². The minimum atomic E-state index is -0.555. The van der Waals surface area contributed by atoms with Gasteiger partial charge in [-0.15, -0.1) is 0 Å². The average Bonchev–Trinajstić information content (AvgIpc) is 2.52. The summed E-state index contributed by atoms with van der Waals surface area (Å²) in [4.78, 5) is 24.2. The first kappa shape index (κ1) is 20.5. The quantitative estimate of drug-likeness (QED) is 0.752. The summed E-state index contributed by atoms with van der Waals surface area (Å²) < 4.78 is 0. The van der Waals surface area contributed by atoms with Crippen molar-refractivity contribution < 1.29 is 14.7 Å². The summed E-state index contributed by atoms with van der Waals surface area (Å²) in [5.74, 6) is -0.643. The molecule has 0 aromatic heterocycles. The lowest BCUT2D eigenvalue weighted by molar-refractivity contribution is 0.0996. The number of amides is 2. The van der Waals surface area contributed by atoms with E-state index in [-0.39, 0.29) is 22.5 Å². The Morgan fingerprint density at radius 2 is 1.41 bits per heavy atom. The SMILES string of the molecule is CC(C)(C)c1cc(C(=O)Nc2cccc(C(N)=O)c2)cc(C(C)(C)C)c1O. The van der Waals surface area contributed by atoms with Crippen LogP contribution in [0.15, 0.2) is 36.4 Å². The van der Waals surface area contributed by atoms with E-state index < -0.39 is 5.91 Å². The molecule has 0 radical (unpaired) electrons. The van der Waals surface area contributed by atoms with Gasteiger partial charge < -0.3 is 16.2 Å². The number of rotatable bonds is 3. The lowest BCUT2D eigenvalue weighted by Crippen LogP contribution is -2.21. The molecule has 0 atom stereocenters. The molecule has 0 spiro atoms. The summed E-state index contributed by atoms with van der Waals surface area (Å²) in [5, 5.41) is 13.6. The number of phenolic OH excluding ortho intramolecular Hbond substituents is 1. The Balaban J connectivity index is 2.50. The molecular formula is C22H28N2O3. The number of carbonyl (C=O) groups is 2. The average molecular weight is 368 g/mol. The third kappa shape index (κ3) is 4.67. The second-order valence-electron chi connectivity index (χ2n) is 8.82. The second kappa shape index (κ2) is 7.06. The fourth-order valence-electron chi connectivity index (χ4n) is 2.86. The van der Waals surface area contributed by atoms with E-state index in [1.807, 2.05) is 41.5 Å². The van der Waals surface area contributed by atoms with Crippen LogP contribution in [0.3, 0.4) is 0 Å². The Bertz CT molecular complexity index is 852. The van der Waals surface area contributed by atoms with Crippen LogP contribution in [-0.2, 0) is 10.8 Å². The van der Waals surface area contributed by atoms with E-state index in [0.29, 0.717) is 27.9 Å². The molecule has 0 bridgehead atoms. The van der Waals surface area contributed by atoms with E-state index in [4.69, 9.17) is 5.73 Å². The monoisotopic (exact) mass is 368 g/mol. The third-order valence-corrected chi connectivity index (χ3v) is 4.39. The zero-order valence-corrected chi connectivity index (χ0v) is 16.8. The van der Waals surface area contributed by atoms with Crippen LogP contribution in [0.4, 0.5) is 5.69 Å². The molecule has 2 aromatic carbocycles. The molecule has 144 valence electrons. The van der Waals surface area contributed by atoms with Crippen molar-refractivity contribution in [2.24, 2.45) is 5.73 Å². The molecule has 0 aliphatic heterocycles. The number of carbonyl (C=O) groups excluding carboxylic acids is 2. The first-order valence-electron chi connectivity index (χ1n) is 8.90. The minimum Gasteiger partial charge on any atom is -0.507 e. The molecule has 0 saturated carbocycles. The molecule has 5 heteroatoms. The Hall–Kier alpha value is -2.82. The number of primary amides is 1. The normalized spacial score (nSPS) is 11.9. The van der Waals surface area contributed by atoms with Gasteiger partial charge in [0.15, 0.2) is 0 Å². The number of anilines is 1. The number of hydrogen-bond donors (Lipinski definition) is 3. The van der Waals surface area contributed by atoms with Crippen molar-refractivity contribution in [1.82, 2.24) is 0 Å². The van der Waals surface area contributed by atoms with E-state index in [0.717, 1.165) is 0 Å². The van der Waals surface area contributed by atoms with Gasteiger partial charge in [0.25, 0.3) is 5.91 Å². The van der Waals surface area contributed by atoms with Crippen LogP contribution in [0.25, 0.3) is 0 Å². The molecule has 4 N–H and O–H groups in total. The predicted octanol–water partition coefficient (Wildman–Crippen LogP) is 4.34. The molecule has 27 heavy (non-hydrogen) atoms. The van der Waals surface area contributed by atoms with E-state index in [1.165, 1.54) is 6.07 Å². The summed E-state index contributed by atoms with van der Waals surface area (Å²) in [6.45, 7) is 12.0. The molecule has 0 aliphatic carbocycles. The maximum absolute atomic E-state index is 12.9. The van der Waals surface area contributed by atoms with Gasteiger partial charge in [-0.2, -0.15) is 0 Å². The van der Waals surface area contributed by atoms with Gasteiger partial charge in [0, 0.05) is 27.9 Å². The van der Waals surface area contributed by atoms with Gasteiger partial charge in [0.1, 0.15) is 5.75 Å². The number of aromatic hydroxyl groups is 1. The second-order valence-corrected chi connectivity index (χ2v) is 8.82. The van der Waals surface area contributed by atoms with Crippen molar-refractivity contribution in [2.75, 3.05) is 5.32 Å². The summed E-state index contributed by atoms with van der Waals surface area (Å²) in [6.07, 6.45) is 0. The molecule has 2 rings (SSSR count). The van der Waals surface area contributed by atoms with Gasteiger partial charge in [-0.3, -0.25) is 9.59 Å². The number of phenols is 1. The molecular weight excluding hydrogens is 340 g/mol. The molecule has 0 fully saturated rings. The molecule has 2 amide bonds. The summed E-state index contributed by atoms with van der Waals surface area (Å²) >= 11 is 0. The van der Waals surface area contributed by atoms with E-state index in [2.05, 4.69) is 5.32 Å². The minimum absolute atomic E-state index is 0.224. The Morgan fingerprint density at radius 1 is 0.889 bits per heavy atom. The van der Waals surface area contributed by atoms with Crippen LogP contribution in [0.2, 0.25) is 0 Å². The fourth-order valence-corrected chi connectivity index (χ4v) is 2.86. The molecule has 5 nitrogen and oxygen atoms in total. The highest BCUT2D eigenvalue weighted by Gasteiger charge is 2.27. The summed E-state index contributed by atoms with van der Waals surface area (Å²) in [7, 11) is 0. The standard InChI is InChI=1S/C22H28N2O3/c1-21(2,3)16-11-14(12-17(18(16)25)22(4,5)6)20(27)24-15-9-7-8-13(10-15)19(23)26/h7-12,25H,1-6H3,(H2,23,26)(H,24,27). The van der Waals surface area contributed by atoms with Crippen molar-refractivity contribution in [2.45, 2.75) is 52.4 Å². The van der Waals surface area contributed by atoms with Crippen molar-refractivity contribution >= 4 is 17.5 Å². The van der Waals surface area contributed by atoms with Gasteiger partial charge in [-0.1, -0.05) is 47.6 Å². The molecule has 0 unspecified atom stereocenters. The third-order valence-electron chi connectivity index (χ3n) is 4.39. The maximum atomic E-state index is 12.9. The maximum Gasteiger partial charge on any atom is 0.255 e. The van der Waals surface area contributed by atoms with Crippen LogP contribution in [-0.4, -0.2) is 16.9 Å².